The molecule has 3 rings (SSSR count). The number of nitriles is 1. The van der Waals surface area contributed by atoms with Crippen molar-refractivity contribution in [2.75, 3.05) is 6.26 Å². The molecule has 1 heterocycles. The van der Waals surface area contributed by atoms with Crippen molar-refractivity contribution >= 4 is 33.7 Å². The van der Waals surface area contributed by atoms with Crippen molar-refractivity contribution in [1.29, 1.82) is 5.26 Å². The lowest BCUT2D eigenvalue weighted by atomic mass is 10.1. The van der Waals surface area contributed by atoms with Crippen molar-refractivity contribution in [1.82, 2.24) is 10.3 Å². The van der Waals surface area contributed by atoms with Gasteiger partial charge in [-0.3, -0.25) is 5.32 Å². The Hall–Kier alpha value is -2.78. The largest absolute Gasteiger partial charge is 0.436 e. The number of aromatic nitrogens is 1. The molecule has 0 atom stereocenters. The summed E-state index contributed by atoms with van der Waals surface area (Å²) in [5, 5.41) is 11.8. The summed E-state index contributed by atoms with van der Waals surface area (Å²) in [7, 11) is 0. The average Bonchev–Trinajstić information content (AvgIpc) is 2.98. The van der Waals surface area contributed by atoms with Gasteiger partial charge in [0.25, 0.3) is 0 Å². The molecule has 0 saturated heterocycles. The Balaban J connectivity index is 1.98. The summed E-state index contributed by atoms with van der Waals surface area (Å²) in [5.41, 5.74) is 4.28. The topological polar surface area (TPSA) is 74.2 Å². The van der Waals surface area contributed by atoms with Crippen molar-refractivity contribution in [2.24, 2.45) is 4.99 Å². The van der Waals surface area contributed by atoms with E-state index in [9.17, 15) is 0 Å². The fourth-order valence-corrected chi connectivity index (χ4v) is 2.44. The van der Waals surface area contributed by atoms with E-state index in [0.717, 1.165) is 11.1 Å². The predicted octanol–water partition coefficient (Wildman–Crippen LogP) is 4.22. The molecule has 2 aromatic carbocycles. The van der Waals surface area contributed by atoms with Crippen LogP contribution in [0.2, 0.25) is 0 Å². The van der Waals surface area contributed by atoms with Crippen molar-refractivity contribution in [3.8, 4) is 17.6 Å². The number of thioether (sulfide) groups is 1. The second-order valence-corrected chi connectivity index (χ2v) is 5.69. The number of rotatable bonds is 2. The number of amidine groups is 1. The number of benzene rings is 2. The minimum atomic E-state index is 0.533. The zero-order valence-electron chi connectivity index (χ0n) is 12.7. The van der Waals surface area contributed by atoms with Gasteiger partial charge in [0.1, 0.15) is 5.52 Å². The molecule has 6 heteroatoms. The maximum atomic E-state index is 8.68. The first-order valence-electron chi connectivity index (χ1n) is 6.95. The highest BCUT2D eigenvalue weighted by molar-refractivity contribution is 8.13. The van der Waals surface area contributed by atoms with Crippen LogP contribution in [0.3, 0.4) is 0 Å². The number of nitrogens with one attached hydrogen (secondary N) is 1. The third-order valence-corrected chi connectivity index (χ3v) is 3.84. The highest BCUT2D eigenvalue weighted by Crippen LogP contribution is 2.27. The van der Waals surface area contributed by atoms with Crippen molar-refractivity contribution in [3.05, 3.63) is 48.0 Å². The van der Waals surface area contributed by atoms with E-state index in [-0.39, 0.29) is 0 Å². The molecule has 114 valence electrons. The zero-order chi connectivity index (χ0) is 16.2. The first-order chi connectivity index (χ1) is 11.2. The zero-order valence-corrected chi connectivity index (χ0v) is 13.5. The smallest absolute Gasteiger partial charge is 0.227 e. The van der Waals surface area contributed by atoms with Crippen molar-refractivity contribution in [3.63, 3.8) is 0 Å². The molecule has 0 aliphatic carbocycles. The summed E-state index contributed by atoms with van der Waals surface area (Å²) >= 11 is 1.37. The molecule has 3 aromatic rings. The lowest BCUT2D eigenvalue weighted by Gasteiger charge is -1.99. The predicted molar refractivity (Wildman–Crippen MR) is 93.5 cm³/mol. The summed E-state index contributed by atoms with van der Waals surface area (Å²) < 4.78 is 5.84. The molecule has 0 saturated carbocycles. The van der Waals surface area contributed by atoms with Crippen LogP contribution in [0.25, 0.3) is 22.6 Å². The van der Waals surface area contributed by atoms with Crippen LogP contribution >= 0.6 is 11.8 Å². The Bertz CT molecular complexity index is 906. The lowest BCUT2D eigenvalue weighted by Crippen LogP contribution is -2.12. The van der Waals surface area contributed by atoms with Gasteiger partial charge in [0.05, 0.1) is 5.69 Å². The Labute approximate surface area is 138 Å². The standard InChI is InChI=1S/C17H14N4OS/c1-11-3-5-12(6-4-11)16-21-14-8-7-13(9-15(14)22-16)20-17(23-2)19-10-18/h3-9H,1-2H3,(H,19,20). The normalized spacial score (nSPS) is 11.4. The molecule has 0 spiro atoms. The molecule has 0 unspecified atom stereocenters. The van der Waals surface area contributed by atoms with Gasteiger partial charge in [0, 0.05) is 11.6 Å². The SMILES string of the molecule is CSC(=Nc1ccc2nc(-c3ccc(C)cc3)oc2c1)NC#N. The van der Waals surface area contributed by atoms with Gasteiger partial charge in [-0.2, -0.15) is 5.26 Å². The van der Waals surface area contributed by atoms with Gasteiger partial charge in [0.15, 0.2) is 16.9 Å². The Kier molecular flexibility index (Phi) is 4.31. The first-order valence-corrected chi connectivity index (χ1v) is 8.17. The molecule has 0 amide bonds. The fourth-order valence-electron chi connectivity index (χ4n) is 2.09. The molecule has 0 radical (unpaired) electrons. The quantitative estimate of drug-likeness (QED) is 0.331. The average molecular weight is 322 g/mol. The fraction of sp³-hybridized carbons (Fsp3) is 0.118. The molecule has 0 aliphatic rings. The molecule has 1 N–H and O–H groups in total. The summed E-state index contributed by atoms with van der Waals surface area (Å²) in [6, 6.07) is 13.5. The van der Waals surface area contributed by atoms with Gasteiger partial charge >= 0.3 is 0 Å². The van der Waals surface area contributed by atoms with Crippen molar-refractivity contribution in [2.45, 2.75) is 6.92 Å². The van der Waals surface area contributed by atoms with Crippen LogP contribution in [0.5, 0.6) is 0 Å². The Morgan fingerprint density at radius 2 is 2.04 bits per heavy atom. The molecule has 1 aromatic heterocycles. The minimum Gasteiger partial charge on any atom is -0.436 e. The number of nitrogens with zero attached hydrogens (tertiary/aromatic N) is 3. The molecule has 5 nitrogen and oxygen atoms in total. The third kappa shape index (κ3) is 3.35. The van der Waals surface area contributed by atoms with E-state index in [1.165, 1.54) is 17.3 Å². The van der Waals surface area contributed by atoms with Crippen LogP contribution < -0.4 is 5.32 Å². The minimum absolute atomic E-state index is 0.533. The molecular formula is C17H14N4OS. The number of oxazole rings is 1. The van der Waals surface area contributed by atoms with E-state index in [2.05, 4.69) is 15.3 Å². The third-order valence-electron chi connectivity index (χ3n) is 3.26. The number of aryl methyl sites for hydroxylation is 1. The van der Waals surface area contributed by atoms with Gasteiger partial charge < -0.3 is 4.42 Å². The highest BCUT2D eigenvalue weighted by Gasteiger charge is 2.09. The van der Waals surface area contributed by atoms with E-state index in [1.807, 2.05) is 61.8 Å². The van der Waals surface area contributed by atoms with Crippen LogP contribution in [-0.2, 0) is 0 Å². The van der Waals surface area contributed by atoms with E-state index >= 15 is 0 Å². The van der Waals surface area contributed by atoms with Gasteiger partial charge in [-0.05, 0) is 37.4 Å². The van der Waals surface area contributed by atoms with Crippen LogP contribution in [0, 0.1) is 18.4 Å². The molecular weight excluding hydrogens is 308 g/mol. The first kappa shape index (κ1) is 15.1. The van der Waals surface area contributed by atoms with Gasteiger partial charge in [0.2, 0.25) is 5.89 Å². The second-order valence-electron chi connectivity index (χ2n) is 4.89. The number of aliphatic imine (C=N–C) groups is 1. The summed E-state index contributed by atoms with van der Waals surface area (Å²) in [5.74, 6) is 0.585. The van der Waals surface area contributed by atoms with E-state index in [1.54, 1.807) is 0 Å². The van der Waals surface area contributed by atoms with Crippen LogP contribution in [-0.4, -0.2) is 16.4 Å². The summed E-state index contributed by atoms with van der Waals surface area (Å²) in [6.45, 7) is 2.04. The van der Waals surface area contributed by atoms with Crippen LogP contribution in [0.4, 0.5) is 5.69 Å². The van der Waals surface area contributed by atoms with E-state index in [0.29, 0.717) is 22.3 Å². The lowest BCUT2D eigenvalue weighted by molar-refractivity contribution is 0.620. The maximum Gasteiger partial charge on any atom is 0.227 e. The summed E-state index contributed by atoms with van der Waals surface area (Å²) in [6.07, 6.45) is 3.72. The summed E-state index contributed by atoms with van der Waals surface area (Å²) in [4.78, 5) is 8.87. The van der Waals surface area contributed by atoms with Crippen LogP contribution in [0.15, 0.2) is 51.9 Å². The number of hydrogen-bond acceptors (Lipinski definition) is 5. The highest BCUT2D eigenvalue weighted by atomic mass is 32.2. The van der Waals surface area contributed by atoms with Gasteiger partial charge in [-0.15, -0.1) is 0 Å². The molecule has 0 bridgehead atoms. The maximum absolute atomic E-state index is 8.68. The molecule has 0 aliphatic heterocycles. The monoisotopic (exact) mass is 322 g/mol. The Morgan fingerprint density at radius 3 is 2.74 bits per heavy atom. The van der Waals surface area contributed by atoms with E-state index in [4.69, 9.17) is 9.68 Å². The second kappa shape index (κ2) is 6.55. The van der Waals surface area contributed by atoms with Crippen molar-refractivity contribution < 1.29 is 4.42 Å². The van der Waals surface area contributed by atoms with E-state index < -0.39 is 0 Å². The Morgan fingerprint density at radius 1 is 1.26 bits per heavy atom. The molecule has 23 heavy (non-hydrogen) atoms. The number of hydrogen-bond donors (Lipinski definition) is 1. The van der Waals surface area contributed by atoms with Crippen LogP contribution in [0.1, 0.15) is 5.56 Å². The number of fused-ring (bicyclic) bond motifs is 1. The van der Waals surface area contributed by atoms with Gasteiger partial charge in [-0.1, -0.05) is 29.5 Å². The molecule has 0 fully saturated rings. The van der Waals surface area contributed by atoms with Gasteiger partial charge in [-0.25, -0.2) is 9.98 Å².